The second-order valence-electron chi connectivity index (χ2n) is 6.69. The zero-order valence-corrected chi connectivity index (χ0v) is 17.5. The van der Waals surface area contributed by atoms with E-state index in [2.05, 4.69) is 10.3 Å². The van der Waals surface area contributed by atoms with E-state index in [9.17, 15) is 13.8 Å². The topological polar surface area (TPSA) is 84.0 Å². The van der Waals surface area contributed by atoms with Gasteiger partial charge < -0.3 is 10.3 Å². The van der Waals surface area contributed by atoms with E-state index in [0.29, 0.717) is 29.7 Å². The molecule has 0 aliphatic heterocycles. The molecular formula is C19H27N3O3S2. The Kier molecular flexibility index (Phi) is 8.37. The molecule has 6 nitrogen and oxygen atoms in total. The van der Waals surface area contributed by atoms with Crippen molar-refractivity contribution in [3.05, 3.63) is 39.4 Å². The van der Waals surface area contributed by atoms with Crippen LogP contribution in [0.3, 0.4) is 0 Å². The fourth-order valence-corrected chi connectivity index (χ4v) is 3.54. The van der Waals surface area contributed by atoms with Crippen molar-refractivity contribution in [2.75, 3.05) is 12.8 Å². The van der Waals surface area contributed by atoms with Gasteiger partial charge in [-0.05, 0) is 43.6 Å². The molecule has 0 radical (unpaired) electrons. The number of benzene rings is 1. The number of rotatable bonds is 10. The lowest BCUT2D eigenvalue weighted by atomic mass is 10.2. The second-order valence-corrected chi connectivity index (χ2v) is 8.88. The fourth-order valence-electron chi connectivity index (χ4n) is 2.80. The number of para-hydroxylation sites is 1. The Balaban J connectivity index is 1.74. The fraction of sp³-hybridized carbons (Fsp3) is 0.526. The molecule has 2 atom stereocenters. The molecule has 0 spiro atoms. The highest BCUT2D eigenvalue weighted by atomic mass is 32.2. The smallest absolute Gasteiger partial charge is 0.262 e. The van der Waals surface area contributed by atoms with Crippen molar-refractivity contribution in [3.63, 3.8) is 0 Å². The van der Waals surface area contributed by atoms with Crippen LogP contribution in [0.15, 0.2) is 29.1 Å². The molecule has 0 fully saturated rings. The van der Waals surface area contributed by atoms with Crippen molar-refractivity contribution >= 4 is 39.8 Å². The average molecular weight is 410 g/mol. The van der Waals surface area contributed by atoms with Crippen LogP contribution >= 0.6 is 12.2 Å². The van der Waals surface area contributed by atoms with Crippen molar-refractivity contribution in [1.82, 2.24) is 14.9 Å². The number of carbonyl (C=O) groups excluding carboxylic acids is 1. The Morgan fingerprint density at radius 2 is 2.04 bits per heavy atom. The Hall–Kier alpha value is -1.80. The number of aromatic amines is 1. The molecule has 1 aromatic carbocycles. The van der Waals surface area contributed by atoms with Crippen LogP contribution in [-0.2, 0) is 22.1 Å². The molecule has 0 saturated heterocycles. The lowest BCUT2D eigenvalue weighted by molar-refractivity contribution is -0.121. The van der Waals surface area contributed by atoms with Crippen LogP contribution in [0.4, 0.5) is 0 Å². The van der Waals surface area contributed by atoms with E-state index < -0.39 is 10.8 Å². The summed E-state index contributed by atoms with van der Waals surface area (Å²) in [7, 11) is -0.855. The number of fused-ring (bicyclic) bond motifs is 1. The number of unbranched alkanes of at least 4 members (excludes halogenated alkanes) is 2. The molecule has 2 rings (SSSR count). The molecule has 0 aliphatic rings. The summed E-state index contributed by atoms with van der Waals surface area (Å²) in [5.41, 5.74) is 0.677. The van der Waals surface area contributed by atoms with Gasteiger partial charge in [0.05, 0.1) is 10.9 Å². The van der Waals surface area contributed by atoms with Gasteiger partial charge in [-0.1, -0.05) is 25.5 Å². The van der Waals surface area contributed by atoms with Crippen LogP contribution in [0.2, 0.25) is 0 Å². The maximum Gasteiger partial charge on any atom is 0.262 e. The molecule has 1 aromatic heterocycles. The van der Waals surface area contributed by atoms with E-state index in [1.165, 1.54) is 0 Å². The van der Waals surface area contributed by atoms with E-state index >= 15 is 0 Å². The van der Waals surface area contributed by atoms with Gasteiger partial charge in [-0.3, -0.25) is 18.4 Å². The van der Waals surface area contributed by atoms with Gasteiger partial charge in [0.2, 0.25) is 5.91 Å². The normalized spacial score (nSPS) is 13.4. The van der Waals surface area contributed by atoms with Gasteiger partial charge in [-0.15, -0.1) is 0 Å². The summed E-state index contributed by atoms with van der Waals surface area (Å²) in [6, 6.07) is 7.33. The van der Waals surface area contributed by atoms with E-state index in [-0.39, 0.29) is 16.7 Å². The summed E-state index contributed by atoms with van der Waals surface area (Å²) in [6.45, 7) is 3.02. The lowest BCUT2D eigenvalue weighted by Crippen LogP contribution is -2.27. The monoisotopic (exact) mass is 409 g/mol. The van der Waals surface area contributed by atoms with Gasteiger partial charge in [-0.2, -0.15) is 0 Å². The first-order chi connectivity index (χ1) is 12.9. The molecule has 0 unspecified atom stereocenters. The number of nitrogens with one attached hydrogen (secondary N) is 2. The van der Waals surface area contributed by atoms with Crippen LogP contribution in [0.25, 0.3) is 10.9 Å². The van der Waals surface area contributed by atoms with Gasteiger partial charge in [-0.25, -0.2) is 0 Å². The quantitative estimate of drug-likeness (QED) is 0.467. The van der Waals surface area contributed by atoms with Crippen LogP contribution in [0, 0.1) is 4.77 Å². The molecule has 27 heavy (non-hydrogen) atoms. The predicted molar refractivity (Wildman–Crippen MR) is 113 cm³/mol. The van der Waals surface area contributed by atoms with Crippen molar-refractivity contribution < 1.29 is 9.00 Å². The summed E-state index contributed by atoms with van der Waals surface area (Å²) in [5, 5.41) is 3.59. The Labute approximate surface area is 166 Å². The Morgan fingerprint density at radius 1 is 1.30 bits per heavy atom. The highest BCUT2D eigenvalue weighted by molar-refractivity contribution is 7.84. The third-order valence-electron chi connectivity index (χ3n) is 4.61. The van der Waals surface area contributed by atoms with Gasteiger partial charge in [0, 0.05) is 41.8 Å². The van der Waals surface area contributed by atoms with E-state index in [4.69, 9.17) is 12.2 Å². The van der Waals surface area contributed by atoms with Crippen LogP contribution < -0.4 is 10.9 Å². The van der Waals surface area contributed by atoms with Crippen molar-refractivity contribution in [2.45, 2.75) is 50.8 Å². The maximum atomic E-state index is 12.5. The molecule has 2 N–H and O–H groups in total. The summed E-state index contributed by atoms with van der Waals surface area (Å²) in [5.74, 6) is 0.0178. The number of aromatic nitrogens is 2. The maximum absolute atomic E-state index is 12.5. The zero-order chi connectivity index (χ0) is 19.8. The molecule has 8 heteroatoms. The number of hydrogen-bond acceptors (Lipinski definition) is 4. The zero-order valence-electron chi connectivity index (χ0n) is 15.8. The highest BCUT2D eigenvalue weighted by Gasteiger charge is 2.08. The number of nitrogens with zero attached hydrogens (tertiary/aromatic N) is 1. The second kappa shape index (κ2) is 10.5. The number of carbonyl (C=O) groups is 1. The van der Waals surface area contributed by atoms with Crippen molar-refractivity contribution in [3.8, 4) is 0 Å². The predicted octanol–water partition coefficient (Wildman–Crippen LogP) is 2.89. The van der Waals surface area contributed by atoms with E-state index in [0.717, 1.165) is 31.2 Å². The first kappa shape index (κ1) is 21.5. The van der Waals surface area contributed by atoms with Crippen molar-refractivity contribution in [1.29, 1.82) is 0 Å². The van der Waals surface area contributed by atoms with Crippen LogP contribution in [0.5, 0.6) is 0 Å². The largest absolute Gasteiger partial charge is 0.356 e. The summed E-state index contributed by atoms with van der Waals surface area (Å²) in [6.07, 6.45) is 5.26. The van der Waals surface area contributed by atoms with Crippen molar-refractivity contribution in [2.24, 2.45) is 0 Å². The minimum Gasteiger partial charge on any atom is -0.356 e. The summed E-state index contributed by atoms with van der Waals surface area (Å²) >= 11 is 5.30. The van der Waals surface area contributed by atoms with Gasteiger partial charge >= 0.3 is 0 Å². The molecule has 1 heterocycles. The number of hydrogen-bond donors (Lipinski definition) is 2. The average Bonchev–Trinajstić information content (AvgIpc) is 2.63. The number of H-pyrrole nitrogens is 1. The van der Waals surface area contributed by atoms with Crippen LogP contribution in [0.1, 0.15) is 39.0 Å². The molecule has 0 bridgehead atoms. The molecular weight excluding hydrogens is 382 g/mol. The van der Waals surface area contributed by atoms with E-state index in [1.54, 1.807) is 16.9 Å². The first-order valence-corrected chi connectivity index (χ1v) is 11.2. The molecule has 148 valence electrons. The lowest BCUT2D eigenvalue weighted by Gasteiger charge is -2.10. The third kappa shape index (κ3) is 6.39. The van der Waals surface area contributed by atoms with Crippen LogP contribution in [-0.4, -0.2) is 37.7 Å². The van der Waals surface area contributed by atoms with Gasteiger partial charge in [0.1, 0.15) is 0 Å². The molecule has 1 amide bonds. The summed E-state index contributed by atoms with van der Waals surface area (Å²) in [4.78, 5) is 27.4. The van der Waals surface area contributed by atoms with E-state index in [1.807, 2.05) is 25.1 Å². The third-order valence-corrected chi connectivity index (χ3v) is 6.31. The SMILES string of the molecule is C[C@@H](CCNC(=O)CCCCCn1c(=S)[nH]c2ccccc2c1=O)[S@](C)=O. The Bertz CT molecular complexity index is 920. The molecule has 2 aromatic rings. The summed E-state index contributed by atoms with van der Waals surface area (Å²) < 4.78 is 13.3. The minimum atomic E-state index is -0.855. The Morgan fingerprint density at radius 3 is 2.78 bits per heavy atom. The van der Waals surface area contributed by atoms with Gasteiger partial charge in [0.15, 0.2) is 4.77 Å². The highest BCUT2D eigenvalue weighted by Crippen LogP contribution is 2.07. The molecule has 0 saturated carbocycles. The van der Waals surface area contributed by atoms with Gasteiger partial charge in [0.25, 0.3) is 5.56 Å². The first-order valence-electron chi connectivity index (χ1n) is 9.21. The molecule has 0 aliphatic carbocycles. The standard InChI is InChI=1S/C19H27N3O3S2/c1-14(27(2)25)11-12-20-17(23)10-4-3-7-13-22-18(24)15-8-5-6-9-16(15)21-19(22)26/h5-6,8-9,14H,3-4,7,10-13H2,1-2H3,(H,20,23)(H,21,26)/t14-,27-/m0/s1. The number of amides is 1. The minimum absolute atomic E-state index is 0.0178.